The summed E-state index contributed by atoms with van der Waals surface area (Å²) in [7, 11) is 0. The summed E-state index contributed by atoms with van der Waals surface area (Å²) < 4.78 is 5.17. The molecule has 0 aliphatic rings. The Hall–Kier alpha value is -1.62. The molecule has 0 aliphatic carbocycles. The van der Waals surface area contributed by atoms with Crippen molar-refractivity contribution in [1.82, 2.24) is 10.1 Å². The number of fused-ring (bicyclic) bond motifs is 1. The molecule has 0 bridgehead atoms. The maximum Gasteiger partial charge on any atom is 0.260 e. The van der Waals surface area contributed by atoms with Crippen LogP contribution in [0, 0.1) is 6.92 Å². The van der Waals surface area contributed by atoms with Crippen molar-refractivity contribution in [2.24, 2.45) is 5.84 Å². The maximum atomic E-state index is 5.51. The summed E-state index contributed by atoms with van der Waals surface area (Å²) in [6.45, 7) is 8.13. The van der Waals surface area contributed by atoms with Crippen molar-refractivity contribution in [1.29, 1.82) is 0 Å². The van der Waals surface area contributed by atoms with Crippen molar-refractivity contribution in [3.8, 4) is 0 Å². The lowest BCUT2D eigenvalue weighted by atomic mass is 9.91. The summed E-state index contributed by atoms with van der Waals surface area (Å²) in [6.07, 6.45) is 0. The third-order valence-electron chi connectivity index (χ3n) is 2.54. The standard InChI is InChI=1S/C11H16N4O/c1-6-9-7(14-12)5-8(11(2,3)4)13-10(9)16-15-6/h5H,12H2,1-4H3,(H,13,14). The van der Waals surface area contributed by atoms with E-state index in [-0.39, 0.29) is 5.41 Å². The number of hydrogen-bond acceptors (Lipinski definition) is 5. The minimum atomic E-state index is -0.0551. The van der Waals surface area contributed by atoms with Gasteiger partial charge in [-0.1, -0.05) is 25.9 Å². The van der Waals surface area contributed by atoms with Gasteiger partial charge in [-0.3, -0.25) is 5.84 Å². The quantitative estimate of drug-likeness (QED) is 0.568. The van der Waals surface area contributed by atoms with Gasteiger partial charge < -0.3 is 9.95 Å². The van der Waals surface area contributed by atoms with Crippen molar-refractivity contribution in [3.05, 3.63) is 17.5 Å². The van der Waals surface area contributed by atoms with Gasteiger partial charge in [0.1, 0.15) is 0 Å². The third kappa shape index (κ3) is 1.63. The number of hydrazine groups is 1. The summed E-state index contributed by atoms with van der Waals surface area (Å²) in [6, 6.07) is 1.94. The Kier molecular flexibility index (Phi) is 2.35. The van der Waals surface area contributed by atoms with Crippen LogP contribution in [0.1, 0.15) is 32.2 Å². The molecule has 0 amide bonds. The number of anilines is 1. The molecule has 2 aromatic heterocycles. The van der Waals surface area contributed by atoms with Crippen molar-refractivity contribution in [2.75, 3.05) is 5.43 Å². The number of hydrogen-bond donors (Lipinski definition) is 2. The molecule has 0 aliphatic heterocycles. The minimum absolute atomic E-state index is 0.0551. The van der Waals surface area contributed by atoms with E-state index in [1.807, 2.05) is 13.0 Å². The zero-order chi connectivity index (χ0) is 11.9. The lowest BCUT2D eigenvalue weighted by molar-refractivity contribution is 0.439. The Labute approximate surface area is 94.0 Å². The van der Waals surface area contributed by atoms with E-state index >= 15 is 0 Å². The van der Waals surface area contributed by atoms with Gasteiger partial charge in [0.25, 0.3) is 5.71 Å². The maximum absolute atomic E-state index is 5.51. The summed E-state index contributed by atoms with van der Waals surface area (Å²) in [4.78, 5) is 4.45. The Balaban J connectivity index is 2.75. The molecular formula is C11H16N4O. The van der Waals surface area contributed by atoms with Gasteiger partial charge in [0.2, 0.25) is 0 Å². The largest absolute Gasteiger partial charge is 0.335 e. The topological polar surface area (TPSA) is 77.0 Å². The van der Waals surface area contributed by atoms with Crippen LogP contribution in [-0.2, 0) is 5.41 Å². The molecule has 86 valence electrons. The average molecular weight is 220 g/mol. The SMILES string of the molecule is Cc1noc2nc(C(C)(C)C)cc(NN)c12. The monoisotopic (exact) mass is 220 g/mol. The first-order valence-corrected chi connectivity index (χ1v) is 5.17. The number of aryl methyl sites for hydroxylation is 1. The van der Waals surface area contributed by atoms with Crippen LogP contribution in [0.25, 0.3) is 11.1 Å². The van der Waals surface area contributed by atoms with Gasteiger partial charge in [0.05, 0.1) is 22.5 Å². The van der Waals surface area contributed by atoms with Crippen LogP contribution in [0.3, 0.4) is 0 Å². The Morgan fingerprint density at radius 1 is 1.38 bits per heavy atom. The zero-order valence-electron chi connectivity index (χ0n) is 9.96. The molecule has 0 unspecified atom stereocenters. The highest BCUT2D eigenvalue weighted by atomic mass is 16.5. The van der Waals surface area contributed by atoms with Gasteiger partial charge in [-0.2, -0.15) is 0 Å². The second kappa shape index (κ2) is 3.45. The van der Waals surface area contributed by atoms with E-state index in [4.69, 9.17) is 10.4 Å². The van der Waals surface area contributed by atoms with E-state index in [0.29, 0.717) is 5.71 Å². The molecule has 16 heavy (non-hydrogen) atoms. The average Bonchev–Trinajstić information content (AvgIpc) is 2.58. The van der Waals surface area contributed by atoms with Crippen molar-refractivity contribution < 1.29 is 4.52 Å². The first-order valence-electron chi connectivity index (χ1n) is 5.17. The summed E-state index contributed by atoms with van der Waals surface area (Å²) in [5.41, 5.74) is 5.65. The Morgan fingerprint density at radius 2 is 2.06 bits per heavy atom. The Bertz CT molecular complexity index is 524. The number of aromatic nitrogens is 2. The molecule has 0 aromatic carbocycles. The van der Waals surface area contributed by atoms with Crippen LogP contribution in [0.5, 0.6) is 0 Å². The zero-order valence-corrected chi connectivity index (χ0v) is 9.96. The van der Waals surface area contributed by atoms with E-state index < -0.39 is 0 Å². The molecule has 3 N–H and O–H groups in total. The number of nitrogens with zero attached hydrogens (tertiary/aromatic N) is 2. The third-order valence-corrected chi connectivity index (χ3v) is 2.54. The van der Waals surface area contributed by atoms with E-state index in [1.54, 1.807) is 0 Å². The van der Waals surface area contributed by atoms with Crippen molar-refractivity contribution >= 4 is 16.8 Å². The van der Waals surface area contributed by atoms with E-state index in [9.17, 15) is 0 Å². The predicted octanol–water partition coefficient (Wildman–Crippen LogP) is 2.11. The lowest BCUT2D eigenvalue weighted by Crippen LogP contribution is -2.15. The molecule has 5 heteroatoms. The fraction of sp³-hybridized carbons (Fsp3) is 0.455. The van der Waals surface area contributed by atoms with Crippen LogP contribution in [0.4, 0.5) is 5.69 Å². The van der Waals surface area contributed by atoms with Gasteiger partial charge >= 0.3 is 0 Å². The van der Waals surface area contributed by atoms with Crippen molar-refractivity contribution in [2.45, 2.75) is 33.1 Å². The van der Waals surface area contributed by atoms with Gasteiger partial charge in [0.15, 0.2) is 0 Å². The first-order chi connectivity index (χ1) is 7.43. The van der Waals surface area contributed by atoms with Crippen LogP contribution in [0.15, 0.2) is 10.6 Å². The molecular weight excluding hydrogens is 204 g/mol. The van der Waals surface area contributed by atoms with Gasteiger partial charge in [-0.15, -0.1) is 0 Å². The molecule has 0 spiro atoms. The highest BCUT2D eigenvalue weighted by Gasteiger charge is 2.20. The number of pyridine rings is 1. The Morgan fingerprint density at radius 3 is 2.62 bits per heavy atom. The fourth-order valence-corrected chi connectivity index (χ4v) is 1.59. The van der Waals surface area contributed by atoms with E-state index in [2.05, 4.69) is 36.3 Å². The predicted molar refractivity (Wildman–Crippen MR) is 63.1 cm³/mol. The second-order valence-corrected chi connectivity index (χ2v) is 4.90. The summed E-state index contributed by atoms with van der Waals surface area (Å²) >= 11 is 0. The summed E-state index contributed by atoms with van der Waals surface area (Å²) in [5.74, 6) is 5.51. The molecule has 2 aromatic rings. The number of nitrogens with one attached hydrogen (secondary N) is 1. The van der Waals surface area contributed by atoms with Crippen LogP contribution < -0.4 is 11.3 Å². The van der Waals surface area contributed by atoms with Crippen LogP contribution in [0.2, 0.25) is 0 Å². The smallest absolute Gasteiger partial charge is 0.260 e. The number of nitrogens with two attached hydrogens (primary N) is 1. The van der Waals surface area contributed by atoms with Gasteiger partial charge in [-0.05, 0) is 13.0 Å². The molecule has 5 nitrogen and oxygen atoms in total. The number of rotatable bonds is 1. The lowest BCUT2D eigenvalue weighted by Gasteiger charge is -2.18. The molecule has 0 saturated carbocycles. The van der Waals surface area contributed by atoms with Gasteiger partial charge in [-0.25, -0.2) is 4.98 Å². The van der Waals surface area contributed by atoms with E-state index in [0.717, 1.165) is 22.5 Å². The van der Waals surface area contributed by atoms with Crippen LogP contribution >= 0.6 is 0 Å². The highest BCUT2D eigenvalue weighted by molar-refractivity contribution is 5.90. The first kappa shape index (κ1) is 10.9. The number of nitrogen functional groups attached to an aromatic ring is 1. The van der Waals surface area contributed by atoms with Gasteiger partial charge in [0, 0.05) is 5.41 Å². The second-order valence-electron chi connectivity index (χ2n) is 4.90. The molecule has 0 atom stereocenters. The molecule has 2 heterocycles. The molecule has 0 radical (unpaired) electrons. The van der Waals surface area contributed by atoms with Crippen LogP contribution in [-0.4, -0.2) is 10.1 Å². The molecule has 0 fully saturated rings. The normalized spacial score (nSPS) is 12.1. The highest BCUT2D eigenvalue weighted by Crippen LogP contribution is 2.30. The summed E-state index contributed by atoms with van der Waals surface area (Å²) in [5, 5.41) is 4.74. The van der Waals surface area contributed by atoms with E-state index in [1.165, 1.54) is 0 Å². The molecule has 2 rings (SSSR count). The van der Waals surface area contributed by atoms with Crippen molar-refractivity contribution in [3.63, 3.8) is 0 Å². The fourth-order valence-electron chi connectivity index (χ4n) is 1.59. The molecule has 0 saturated heterocycles. The minimum Gasteiger partial charge on any atom is -0.335 e.